The highest BCUT2D eigenvalue weighted by Gasteiger charge is 2.16. The second-order valence-electron chi connectivity index (χ2n) is 7.12. The smallest absolute Gasteiger partial charge is 0.303 e. The molecule has 0 radical (unpaired) electrons. The average molecular weight is 438 g/mol. The molecule has 27 heavy (non-hydrogen) atoms. The molecule has 6 heteroatoms. The van der Waals surface area contributed by atoms with E-state index in [9.17, 15) is 4.79 Å². The van der Waals surface area contributed by atoms with Crippen LogP contribution in [-0.4, -0.2) is 32.0 Å². The van der Waals surface area contributed by atoms with Crippen LogP contribution in [0, 0.1) is 0 Å². The Balaban J connectivity index is 1.30. The van der Waals surface area contributed by atoms with Crippen molar-refractivity contribution < 1.29 is 19.0 Å². The van der Waals surface area contributed by atoms with Gasteiger partial charge in [-0.3, -0.25) is 4.79 Å². The Labute approximate surface area is 169 Å². The van der Waals surface area contributed by atoms with Gasteiger partial charge in [0.1, 0.15) is 6.10 Å². The lowest BCUT2D eigenvalue weighted by Crippen LogP contribution is -2.19. The summed E-state index contributed by atoms with van der Waals surface area (Å²) in [6, 6.07) is 4.04. The number of benzene rings is 1. The average Bonchev–Trinajstić information content (AvgIpc) is 3.07. The Kier molecular flexibility index (Phi) is 7.59. The fourth-order valence-electron chi connectivity index (χ4n) is 3.58. The molecule has 2 aliphatic rings. The summed E-state index contributed by atoms with van der Waals surface area (Å²) < 4.78 is 17.2. The normalized spacial score (nSPS) is 18.3. The quantitative estimate of drug-likeness (QED) is 0.349. The first-order valence-corrected chi connectivity index (χ1v) is 10.6. The predicted octanol–water partition coefficient (Wildman–Crippen LogP) is 4.52. The van der Waals surface area contributed by atoms with Crippen molar-refractivity contribution in [1.29, 1.82) is 0 Å². The van der Waals surface area contributed by atoms with Gasteiger partial charge in [-0.25, -0.2) is 0 Å². The molecule has 1 aromatic carbocycles. The Morgan fingerprint density at radius 3 is 2.85 bits per heavy atom. The molecule has 148 valence electrons. The molecule has 1 heterocycles. The standard InChI is InChI=1S/C21H28BrNO4/c1-15(24)27-18-7-4-6-16(11-18)5-2-3-9-23-10-8-17-12-20-21(13-19(17)22)26-14-25-20/h11-13,18,23H,2-10,14H2,1H3. The highest BCUT2D eigenvalue weighted by Crippen LogP contribution is 2.37. The summed E-state index contributed by atoms with van der Waals surface area (Å²) in [5.74, 6) is 1.46. The van der Waals surface area contributed by atoms with Gasteiger partial charge in [-0.05, 0) is 81.8 Å². The van der Waals surface area contributed by atoms with E-state index >= 15 is 0 Å². The zero-order chi connectivity index (χ0) is 19.1. The van der Waals surface area contributed by atoms with Gasteiger partial charge in [0.25, 0.3) is 0 Å². The summed E-state index contributed by atoms with van der Waals surface area (Å²) >= 11 is 3.61. The summed E-state index contributed by atoms with van der Waals surface area (Å²) in [7, 11) is 0. The lowest BCUT2D eigenvalue weighted by atomic mass is 9.94. The summed E-state index contributed by atoms with van der Waals surface area (Å²) in [6.07, 6.45) is 9.74. The zero-order valence-corrected chi connectivity index (χ0v) is 17.5. The van der Waals surface area contributed by atoms with Crippen molar-refractivity contribution in [3.05, 3.63) is 33.8 Å². The van der Waals surface area contributed by atoms with Crippen LogP contribution in [0.25, 0.3) is 0 Å². The molecule has 1 atom stereocenters. The minimum Gasteiger partial charge on any atom is -0.458 e. The van der Waals surface area contributed by atoms with Crippen LogP contribution in [0.5, 0.6) is 11.5 Å². The number of carbonyl (C=O) groups excluding carboxylic acids is 1. The van der Waals surface area contributed by atoms with Crippen molar-refractivity contribution in [2.75, 3.05) is 19.9 Å². The van der Waals surface area contributed by atoms with Crippen molar-refractivity contribution in [3.8, 4) is 11.5 Å². The maximum atomic E-state index is 11.1. The number of fused-ring (bicyclic) bond motifs is 1. The minimum absolute atomic E-state index is 0.00970. The van der Waals surface area contributed by atoms with Crippen LogP contribution in [0.4, 0.5) is 0 Å². The van der Waals surface area contributed by atoms with Crippen molar-refractivity contribution in [1.82, 2.24) is 5.32 Å². The van der Waals surface area contributed by atoms with E-state index in [1.165, 1.54) is 24.5 Å². The van der Waals surface area contributed by atoms with Gasteiger partial charge in [0.2, 0.25) is 6.79 Å². The minimum atomic E-state index is -0.184. The molecule has 0 spiro atoms. The molecule has 0 aromatic heterocycles. The van der Waals surface area contributed by atoms with Crippen LogP contribution in [0.3, 0.4) is 0 Å². The lowest BCUT2D eigenvalue weighted by Gasteiger charge is -2.21. The Bertz CT molecular complexity index is 689. The van der Waals surface area contributed by atoms with Gasteiger partial charge in [-0.15, -0.1) is 0 Å². The molecule has 0 saturated carbocycles. The maximum Gasteiger partial charge on any atom is 0.303 e. The molecular formula is C21H28BrNO4. The van der Waals surface area contributed by atoms with Crippen molar-refractivity contribution in [2.24, 2.45) is 0 Å². The molecule has 1 aliphatic heterocycles. The van der Waals surface area contributed by atoms with Crippen molar-refractivity contribution in [3.63, 3.8) is 0 Å². The van der Waals surface area contributed by atoms with E-state index in [0.717, 1.165) is 67.6 Å². The Morgan fingerprint density at radius 1 is 1.22 bits per heavy atom. The zero-order valence-electron chi connectivity index (χ0n) is 15.9. The molecule has 5 nitrogen and oxygen atoms in total. The van der Waals surface area contributed by atoms with E-state index in [-0.39, 0.29) is 12.1 Å². The van der Waals surface area contributed by atoms with E-state index in [4.69, 9.17) is 14.2 Å². The van der Waals surface area contributed by atoms with Crippen LogP contribution in [0.2, 0.25) is 0 Å². The van der Waals surface area contributed by atoms with Crippen LogP contribution in [0.15, 0.2) is 28.3 Å². The molecule has 0 amide bonds. The van der Waals surface area contributed by atoms with Gasteiger partial charge in [-0.1, -0.05) is 21.5 Å². The van der Waals surface area contributed by atoms with Gasteiger partial charge in [0, 0.05) is 11.4 Å². The number of nitrogens with one attached hydrogen (secondary N) is 1. The maximum absolute atomic E-state index is 11.1. The van der Waals surface area contributed by atoms with Gasteiger partial charge >= 0.3 is 5.97 Å². The number of unbranched alkanes of at least 4 members (excludes halogenated alkanes) is 1. The Hall–Kier alpha value is -1.53. The molecule has 1 N–H and O–H groups in total. The van der Waals surface area contributed by atoms with Crippen molar-refractivity contribution in [2.45, 2.75) is 58.0 Å². The second-order valence-corrected chi connectivity index (χ2v) is 7.97. The molecule has 1 aromatic rings. The first kappa shape index (κ1) is 20.2. The lowest BCUT2D eigenvalue weighted by molar-refractivity contribution is -0.144. The second kappa shape index (κ2) is 10.1. The van der Waals surface area contributed by atoms with Crippen molar-refractivity contribution >= 4 is 21.9 Å². The van der Waals surface area contributed by atoms with Crippen LogP contribution >= 0.6 is 15.9 Å². The molecule has 1 unspecified atom stereocenters. The van der Waals surface area contributed by atoms with E-state index in [1.54, 1.807) is 0 Å². The van der Waals surface area contributed by atoms with Gasteiger partial charge in [-0.2, -0.15) is 0 Å². The van der Waals surface area contributed by atoms with Gasteiger partial charge < -0.3 is 19.5 Å². The number of carbonyl (C=O) groups is 1. The van der Waals surface area contributed by atoms with Crippen LogP contribution < -0.4 is 14.8 Å². The summed E-state index contributed by atoms with van der Waals surface area (Å²) in [5.41, 5.74) is 2.67. The van der Waals surface area contributed by atoms with Gasteiger partial charge in [0.15, 0.2) is 11.5 Å². The summed E-state index contributed by atoms with van der Waals surface area (Å²) in [6.45, 7) is 3.75. The molecular weight excluding hydrogens is 410 g/mol. The van der Waals surface area contributed by atoms with E-state index in [2.05, 4.69) is 33.4 Å². The first-order valence-electron chi connectivity index (χ1n) is 9.77. The first-order chi connectivity index (χ1) is 13.1. The molecule has 0 bridgehead atoms. The molecule has 0 fully saturated rings. The SMILES string of the molecule is CC(=O)OC1C=C(CCCCNCCc2cc3c(cc2Br)OCO3)CCC1. The molecule has 3 rings (SSSR count). The summed E-state index contributed by atoms with van der Waals surface area (Å²) in [4.78, 5) is 11.1. The number of esters is 1. The highest BCUT2D eigenvalue weighted by molar-refractivity contribution is 9.10. The number of hydrogen-bond acceptors (Lipinski definition) is 5. The number of ether oxygens (including phenoxy) is 3. The molecule has 0 saturated heterocycles. The van der Waals surface area contributed by atoms with Crippen LogP contribution in [-0.2, 0) is 16.0 Å². The molecule has 1 aliphatic carbocycles. The third-order valence-electron chi connectivity index (χ3n) is 4.94. The predicted molar refractivity (Wildman–Crippen MR) is 108 cm³/mol. The third kappa shape index (κ3) is 6.25. The number of rotatable bonds is 9. The Morgan fingerprint density at radius 2 is 2.04 bits per heavy atom. The topological polar surface area (TPSA) is 56.8 Å². The van der Waals surface area contributed by atoms with E-state index in [0.29, 0.717) is 6.79 Å². The van der Waals surface area contributed by atoms with E-state index in [1.807, 2.05) is 6.07 Å². The van der Waals surface area contributed by atoms with E-state index < -0.39 is 0 Å². The number of halogens is 1. The number of allylic oxidation sites excluding steroid dienone is 1. The summed E-state index contributed by atoms with van der Waals surface area (Å²) in [5, 5.41) is 3.52. The van der Waals surface area contributed by atoms with Gasteiger partial charge in [0.05, 0.1) is 0 Å². The monoisotopic (exact) mass is 437 g/mol. The number of hydrogen-bond donors (Lipinski definition) is 1. The van der Waals surface area contributed by atoms with Crippen LogP contribution in [0.1, 0.15) is 51.0 Å². The fraction of sp³-hybridized carbons (Fsp3) is 0.571. The fourth-order valence-corrected chi connectivity index (χ4v) is 4.10. The largest absolute Gasteiger partial charge is 0.458 e. The highest BCUT2D eigenvalue weighted by atomic mass is 79.9. The third-order valence-corrected chi connectivity index (χ3v) is 5.68.